The third-order valence-electron chi connectivity index (χ3n) is 3.14. The zero-order valence-electron chi connectivity index (χ0n) is 11.1. The average molecular weight is 305 g/mol. The van der Waals surface area contributed by atoms with Crippen LogP contribution in [-0.2, 0) is 0 Å². The molecule has 0 aliphatic heterocycles. The van der Waals surface area contributed by atoms with Crippen molar-refractivity contribution >= 4 is 16.6 Å². The van der Waals surface area contributed by atoms with Crippen LogP contribution in [0.15, 0.2) is 53.6 Å². The van der Waals surface area contributed by atoms with Crippen molar-refractivity contribution in [2.75, 3.05) is 5.32 Å². The molecule has 2 heterocycles. The third kappa shape index (κ3) is 2.78. The Kier molecular flexibility index (Phi) is 3.32. The van der Waals surface area contributed by atoms with Crippen LogP contribution in [0.5, 0.6) is 0 Å². The molecule has 3 aromatic rings. The molecule has 0 saturated carbocycles. The van der Waals surface area contributed by atoms with Crippen LogP contribution in [0.3, 0.4) is 0 Å². The topological polar surface area (TPSA) is 57.8 Å². The molecule has 0 aliphatic rings. The lowest BCUT2D eigenvalue weighted by Gasteiger charge is -2.11. The number of benzene rings is 1. The second-order valence-corrected chi connectivity index (χ2v) is 4.64. The molecule has 22 heavy (non-hydrogen) atoms. The zero-order valence-corrected chi connectivity index (χ0v) is 11.1. The Hall–Kier alpha value is -2.83. The summed E-state index contributed by atoms with van der Waals surface area (Å²) in [6.45, 7) is 0. The molecule has 4 nitrogen and oxygen atoms in total. The van der Waals surface area contributed by atoms with E-state index in [1.165, 1.54) is 17.6 Å². The number of aromatic nitrogens is 2. The summed E-state index contributed by atoms with van der Waals surface area (Å²) in [6.07, 6.45) is -1.97. The van der Waals surface area contributed by atoms with E-state index in [0.717, 1.165) is 11.8 Å². The molecule has 0 atom stereocenters. The highest BCUT2D eigenvalue weighted by atomic mass is 19.4. The Morgan fingerprint density at radius 1 is 1.09 bits per heavy atom. The van der Waals surface area contributed by atoms with Gasteiger partial charge in [-0.15, -0.1) is 0 Å². The van der Waals surface area contributed by atoms with Gasteiger partial charge >= 0.3 is 6.30 Å². The van der Waals surface area contributed by atoms with E-state index >= 15 is 0 Å². The maximum Gasteiger partial charge on any atom is 0.483 e. The summed E-state index contributed by atoms with van der Waals surface area (Å²) < 4.78 is 37.3. The number of nitrogens with zero attached hydrogens (tertiary/aromatic N) is 1. The fourth-order valence-electron chi connectivity index (χ4n) is 2.22. The van der Waals surface area contributed by atoms with Crippen LogP contribution < -0.4 is 10.9 Å². The van der Waals surface area contributed by atoms with Gasteiger partial charge in [-0.25, -0.2) is 4.98 Å². The molecule has 0 radical (unpaired) electrons. The van der Waals surface area contributed by atoms with Crippen molar-refractivity contribution in [3.8, 4) is 11.1 Å². The summed E-state index contributed by atoms with van der Waals surface area (Å²) in [7, 11) is 0. The van der Waals surface area contributed by atoms with E-state index in [9.17, 15) is 18.0 Å². The highest BCUT2D eigenvalue weighted by molar-refractivity contribution is 5.96. The zero-order chi connectivity index (χ0) is 15.7. The Morgan fingerprint density at radius 3 is 2.50 bits per heavy atom. The molecule has 0 spiro atoms. The van der Waals surface area contributed by atoms with Gasteiger partial charge in [0, 0.05) is 23.3 Å². The lowest BCUT2D eigenvalue weighted by atomic mass is 10.0. The van der Waals surface area contributed by atoms with E-state index in [4.69, 9.17) is 0 Å². The molecule has 2 aromatic heterocycles. The van der Waals surface area contributed by atoms with Gasteiger partial charge in [0.05, 0.1) is 5.39 Å². The van der Waals surface area contributed by atoms with Crippen LogP contribution in [0.1, 0.15) is 0 Å². The first-order chi connectivity index (χ1) is 10.4. The minimum absolute atomic E-state index is 0.231. The largest absolute Gasteiger partial charge is 0.483 e. The van der Waals surface area contributed by atoms with Crippen molar-refractivity contribution in [1.29, 1.82) is 0 Å². The molecule has 1 aromatic carbocycles. The molecule has 2 N–H and O–H groups in total. The summed E-state index contributed by atoms with van der Waals surface area (Å²) >= 11 is 0. The molecule has 0 saturated heterocycles. The minimum Gasteiger partial charge on any atom is -0.328 e. The summed E-state index contributed by atoms with van der Waals surface area (Å²) in [5.41, 5.74) is 1.01. The fourth-order valence-corrected chi connectivity index (χ4v) is 2.22. The van der Waals surface area contributed by atoms with Crippen LogP contribution in [-0.4, -0.2) is 16.3 Å². The van der Waals surface area contributed by atoms with Crippen molar-refractivity contribution in [3.05, 3.63) is 59.1 Å². The lowest BCUT2D eigenvalue weighted by molar-refractivity contribution is -0.100. The van der Waals surface area contributed by atoms with Crippen LogP contribution in [0, 0.1) is 0 Å². The Labute approximate surface area is 122 Å². The van der Waals surface area contributed by atoms with Gasteiger partial charge in [0.15, 0.2) is 0 Å². The minimum atomic E-state index is -4.59. The predicted octanol–water partition coefficient (Wildman–Crippen LogP) is 3.52. The van der Waals surface area contributed by atoms with E-state index in [2.05, 4.69) is 9.97 Å². The Balaban J connectivity index is 2.23. The second-order valence-electron chi connectivity index (χ2n) is 4.64. The normalized spacial score (nSPS) is 11.6. The number of H-pyrrole nitrogens is 1. The third-order valence-corrected chi connectivity index (χ3v) is 3.14. The summed E-state index contributed by atoms with van der Waals surface area (Å²) in [4.78, 5) is 18.0. The molecule has 0 amide bonds. The highest BCUT2D eigenvalue weighted by Gasteiger charge is 2.27. The van der Waals surface area contributed by atoms with Gasteiger partial charge in [-0.05, 0) is 11.6 Å². The van der Waals surface area contributed by atoms with Crippen molar-refractivity contribution in [3.63, 3.8) is 0 Å². The smallest absolute Gasteiger partial charge is 0.328 e. The first kappa shape index (κ1) is 14.1. The number of nitrogens with one attached hydrogen (secondary N) is 2. The Morgan fingerprint density at radius 2 is 1.82 bits per heavy atom. The number of fused-ring (bicyclic) bond motifs is 1. The molecule has 112 valence electrons. The van der Waals surface area contributed by atoms with Gasteiger partial charge in [-0.1, -0.05) is 30.3 Å². The average Bonchev–Trinajstić information content (AvgIpc) is 2.47. The van der Waals surface area contributed by atoms with E-state index < -0.39 is 11.9 Å². The van der Waals surface area contributed by atoms with Crippen LogP contribution >= 0.6 is 0 Å². The number of halogens is 3. The fraction of sp³-hybridized carbons (Fsp3) is 0.0667. The van der Waals surface area contributed by atoms with Gasteiger partial charge < -0.3 is 4.98 Å². The SMILES string of the molecule is O=c1[nH]cc(-c2ccccc2)c2cc(NC(F)(F)F)ncc12. The number of rotatable bonds is 2. The first-order valence-electron chi connectivity index (χ1n) is 6.36. The molecule has 0 unspecified atom stereocenters. The standard InChI is InChI=1S/C15H10F3N3O/c16-15(17,18)21-13-6-10-11(9-4-2-1-3-5-9)7-20-14(22)12(10)8-19-13/h1-8H,(H,19,21)(H,20,22). The summed E-state index contributed by atoms with van der Waals surface area (Å²) in [5.74, 6) is -0.359. The van der Waals surface area contributed by atoms with Gasteiger partial charge in [-0.2, -0.15) is 13.2 Å². The Bertz CT molecular complexity index is 873. The second kappa shape index (κ2) is 5.18. The molecule has 0 fully saturated rings. The first-order valence-corrected chi connectivity index (χ1v) is 6.36. The number of anilines is 1. The molecule has 0 bridgehead atoms. The highest BCUT2D eigenvalue weighted by Crippen LogP contribution is 2.28. The number of pyridine rings is 2. The molecular formula is C15H10F3N3O. The maximum absolute atomic E-state index is 12.4. The number of hydrogen-bond acceptors (Lipinski definition) is 3. The van der Waals surface area contributed by atoms with Crippen LogP contribution in [0.2, 0.25) is 0 Å². The van der Waals surface area contributed by atoms with E-state index in [1.54, 1.807) is 0 Å². The number of aromatic amines is 1. The van der Waals surface area contributed by atoms with Crippen molar-refractivity contribution in [2.24, 2.45) is 0 Å². The van der Waals surface area contributed by atoms with Crippen molar-refractivity contribution in [1.82, 2.24) is 9.97 Å². The van der Waals surface area contributed by atoms with Gasteiger partial charge in [-0.3, -0.25) is 10.1 Å². The van der Waals surface area contributed by atoms with Crippen molar-refractivity contribution in [2.45, 2.75) is 6.30 Å². The summed E-state index contributed by atoms with van der Waals surface area (Å²) in [6, 6.07) is 10.3. The monoisotopic (exact) mass is 305 g/mol. The molecule has 7 heteroatoms. The summed E-state index contributed by atoms with van der Waals surface area (Å²) in [5, 5.41) is 1.98. The van der Waals surface area contributed by atoms with Gasteiger partial charge in [0.2, 0.25) is 0 Å². The quantitative estimate of drug-likeness (QED) is 0.712. The molecule has 3 rings (SSSR count). The van der Waals surface area contributed by atoms with E-state index in [1.807, 2.05) is 30.3 Å². The van der Waals surface area contributed by atoms with Crippen LogP contribution in [0.25, 0.3) is 21.9 Å². The number of hydrogen-bond donors (Lipinski definition) is 2. The maximum atomic E-state index is 12.4. The van der Waals surface area contributed by atoms with E-state index in [0.29, 0.717) is 10.9 Å². The molecule has 0 aliphatic carbocycles. The molecular weight excluding hydrogens is 295 g/mol. The van der Waals surface area contributed by atoms with Gasteiger partial charge in [0.1, 0.15) is 5.82 Å². The number of alkyl halides is 3. The van der Waals surface area contributed by atoms with E-state index in [-0.39, 0.29) is 11.2 Å². The van der Waals surface area contributed by atoms with Crippen molar-refractivity contribution < 1.29 is 13.2 Å². The predicted molar refractivity (Wildman–Crippen MR) is 77.5 cm³/mol. The lowest BCUT2D eigenvalue weighted by Crippen LogP contribution is -2.21. The van der Waals surface area contributed by atoms with Gasteiger partial charge in [0.25, 0.3) is 5.56 Å². The van der Waals surface area contributed by atoms with Crippen LogP contribution in [0.4, 0.5) is 19.0 Å².